The molecule has 0 spiro atoms. The van der Waals surface area contributed by atoms with Crippen LogP contribution < -0.4 is 25.6 Å². The van der Waals surface area contributed by atoms with E-state index in [1.54, 1.807) is 18.2 Å². The zero-order valence-corrected chi connectivity index (χ0v) is 17.9. The van der Waals surface area contributed by atoms with Gasteiger partial charge in [0, 0.05) is 5.56 Å². The van der Waals surface area contributed by atoms with Crippen LogP contribution >= 0.6 is 0 Å². The Labute approximate surface area is 182 Å². The van der Waals surface area contributed by atoms with Gasteiger partial charge in [-0.3, -0.25) is 4.79 Å². The number of aryl methyl sites for hydroxylation is 1. The van der Waals surface area contributed by atoms with Crippen molar-refractivity contribution < 1.29 is 19.0 Å². The van der Waals surface area contributed by atoms with Crippen LogP contribution in [0, 0.1) is 6.92 Å². The standard InChI is InChI=1S/C22H21N5O5/c1-11-6-5-7-13(8-11)27-21-17(25-22(27)29)16(19(23)28)24-20(26-21)12-9-14(30-2)18(32-4)15(10-12)31-3/h5-10H,1-4H3,(H2,23,28)(H,25,29). The number of imidazole rings is 1. The maximum Gasteiger partial charge on any atom is 0.332 e. The van der Waals surface area contributed by atoms with Crippen molar-refractivity contribution >= 4 is 17.1 Å². The van der Waals surface area contributed by atoms with Crippen molar-refractivity contribution in [3.63, 3.8) is 0 Å². The predicted molar refractivity (Wildman–Crippen MR) is 118 cm³/mol. The van der Waals surface area contributed by atoms with Crippen LogP contribution in [0.5, 0.6) is 17.2 Å². The van der Waals surface area contributed by atoms with Gasteiger partial charge in [-0.05, 0) is 36.8 Å². The second-order valence-electron chi connectivity index (χ2n) is 6.98. The summed E-state index contributed by atoms with van der Waals surface area (Å²) in [4.78, 5) is 36.5. The van der Waals surface area contributed by atoms with Gasteiger partial charge in [-0.15, -0.1) is 0 Å². The molecule has 2 aromatic heterocycles. The minimum absolute atomic E-state index is 0.109. The zero-order valence-electron chi connectivity index (χ0n) is 17.9. The molecule has 10 heteroatoms. The van der Waals surface area contributed by atoms with Gasteiger partial charge in [-0.1, -0.05) is 12.1 Å². The third kappa shape index (κ3) is 3.41. The summed E-state index contributed by atoms with van der Waals surface area (Å²) in [6.45, 7) is 1.91. The van der Waals surface area contributed by atoms with Gasteiger partial charge in [-0.25, -0.2) is 19.3 Å². The van der Waals surface area contributed by atoms with Crippen LogP contribution in [0.1, 0.15) is 16.1 Å². The topological polar surface area (TPSA) is 134 Å². The summed E-state index contributed by atoms with van der Waals surface area (Å²) in [5, 5.41) is 0. The molecule has 0 fully saturated rings. The number of fused-ring (bicyclic) bond motifs is 1. The maximum absolute atomic E-state index is 12.8. The maximum atomic E-state index is 12.8. The van der Waals surface area contributed by atoms with E-state index in [1.807, 2.05) is 25.1 Å². The molecule has 0 radical (unpaired) electrons. The Hall–Kier alpha value is -4.34. The van der Waals surface area contributed by atoms with Crippen molar-refractivity contribution in [3.8, 4) is 34.3 Å². The van der Waals surface area contributed by atoms with Crippen LogP contribution in [-0.4, -0.2) is 46.8 Å². The van der Waals surface area contributed by atoms with E-state index in [1.165, 1.54) is 25.9 Å². The molecule has 0 saturated heterocycles. The number of hydrogen-bond donors (Lipinski definition) is 2. The van der Waals surface area contributed by atoms with Gasteiger partial charge in [0.1, 0.15) is 5.52 Å². The third-order valence-electron chi connectivity index (χ3n) is 4.95. The Morgan fingerprint density at radius 3 is 2.28 bits per heavy atom. The molecular formula is C22H21N5O5. The molecule has 164 valence electrons. The number of nitrogens with one attached hydrogen (secondary N) is 1. The number of primary amides is 1. The van der Waals surface area contributed by atoms with Gasteiger partial charge in [0.25, 0.3) is 5.91 Å². The van der Waals surface area contributed by atoms with E-state index in [0.717, 1.165) is 5.56 Å². The fraction of sp³-hybridized carbons (Fsp3) is 0.182. The molecule has 2 heterocycles. The number of methoxy groups -OCH3 is 3. The first kappa shape index (κ1) is 20.9. The van der Waals surface area contributed by atoms with Crippen molar-refractivity contribution in [2.45, 2.75) is 6.92 Å². The average Bonchev–Trinajstić information content (AvgIpc) is 3.12. The zero-order chi connectivity index (χ0) is 23.0. The molecule has 0 aliphatic heterocycles. The van der Waals surface area contributed by atoms with Crippen LogP contribution in [0.2, 0.25) is 0 Å². The minimum atomic E-state index is -0.802. The van der Waals surface area contributed by atoms with E-state index in [-0.39, 0.29) is 22.7 Å². The highest BCUT2D eigenvalue weighted by molar-refractivity contribution is 6.02. The van der Waals surface area contributed by atoms with Crippen molar-refractivity contribution in [3.05, 3.63) is 58.1 Å². The number of H-pyrrole nitrogens is 1. The fourth-order valence-electron chi connectivity index (χ4n) is 3.51. The molecule has 0 saturated carbocycles. The van der Waals surface area contributed by atoms with Crippen molar-refractivity contribution in [2.75, 3.05) is 21.3 Å². The predicted octanol–water partition coefficient (Wildman–Crippen LogP) is 2.21. The molecule has 3 N–H and O–H groups in total. The molecule has 32 heavy (non-hydrogen) atoms. The number of hydrogen-bond acceptors (Lipinski definition) is 7. The summed E-state index contributed by atoms with van der Waals surface area (Å²) in [5.41, 5.74) is 7.39. The lowest BCUT2D eigenvalue weighted by atomic mass is 10.1. The van der Waals surface area contributed by atoms with Crippen LogP contribution in [0.15, 0.2) is 41.2 Å². The molecule has 0 aliphatic rings. The number of ether oxygens (including phenoxy) is 3. The second-order valence-corrected chi connectivity index (χ2v) is 6.98. The molecule has 1 amide bonds. The number of rotatable bonds is 6. The number of benzene rings is 2. The van der Waals surface area contributed by atoms with Crippen molar-refractivity contribution in [1.82, 2.24) is 19.5 Å². The quantitative estimate of drug-likeness (QED) is 0.474. The Morgan fingerprint density at radius 1 is 1.03 bits per heavy atom. The van der Waals surface area contributed by atoms with E-state index in [0.29, 0.717) is 28.5 Å². The Kier molecular flexibility index (Phi) is 5.27. The van der Waals surface area contributed by atoms with Gasteiger partial charge < -0.3 is 24.9 Å². The van der Waals surface area contributed by atoms with Crippen molar-refractivity contribution in [2.24, 2.45) is 5.73 Å². The summed E-state index contributed by atoms with van der Waals surface area (Å²) < 4.78 is 17.5. The summed E-state index contributed by atoms with van der Waals surface area (Å²) in [7, 11) is 4.47. The van der Waals surface area contributed by atoms with E-state index < -0.39 is 11.6 Å². The first-order valence-corrected chi connectivity index (χ1v) is 9.58. The van der Waals surface area contributed by atoms with E-state index in [4.69, 9.17) is 19.9 Å². The van der Waals surface area contributed by atoms with Crippen LogP contribution in [-0.2, 0) is 0 Å². The molecule has 0 atom stereocenters. The molecule has 2 aromatic carbocycles. The summed E-state index contributed by atoms with van der Waals surface area (Å²) in [5.74, 6) is 0.524. The lowest BCUT2D eigenvalue weighted by Crippen LogP contribution is -2.15. The molecule has 10 nitrogen and oxygen atoms in total. The lowest BCUT2D eigenvalue weighted by molar-refractivity contribution is 0.0997. The smallest absolute Gasteiger partial charge is 0.332 e. The Balaban J connectivity index is 2.05. The number of amides is 1. The Morgan fingerprint density at radius 2 is 1.72 bits per heavy atom. The monoisotopic (exact) mass is 435 g/mol. The lowest BCUT2D eigenvalue weighted by Gasteiger charge is -2.14. The minimum Gasteiger partial charge on any atom is -0.493 e. The SMILES string of the molecule is COc1cc(-c2nc(C(N)=O)c3[nH]c(=O)n(-c4cccc(C)c4)c3n2)cc(OC)c1OC. The molecule has 4 rings (SSSR count). The molecule has 0 unspecified atom stereocenters. The fourth-order valence-corrected chi connectivity index (χ4v) is 3.51. The third-order valence-corrected chi connectivity index (χ3v) is 4.95. The van der Waals surface area contributed by atoms with Crippen LogP contribution in [0.25, 0.3) is 28.2 Å². The van der Waals surface area contributed by atoms with Crippen molar-refractivity contribution in [1.29, 1.82) is 0 Å². The highest BCUT2D eigenvalue weighted by Crippen LogP contribution is 2.40. The Bertz CT molecular complexity index is 1380. The number of aromatic nitrogens is 4. The van der Waals surface area contributed by atoms with Gasteiger partial charge in [0.15, 0.2) is 28.7 Å². The number of nitrogens with zero attached hydrogens (tertiary/aromatic N) is 3. The number of nitrogens with two attached hydrogens (primary N) is 1. The first-order valence-electron chi connectivity index (χ1n) is 9.58. The summed E-state index contributed by atoms with van der Waals surface area (Å²) in [6.07, 6.45) is 0. The average molecular weight is 435 g/mol. The van der Waals surface area contributed by atoms with Gasteiger partial charge in [0.05, 0.1) is 27.0 Å². The van der Waals surface area contributed by atoms with Gasteiger partial charge in [-0.2, -0.15) is 0 Å². The molecule has 0 aliphatic carbocycles. The molecular weight excluding hydrogens is 414 g/mol. The van der Waals surface area contributed by atoms with E-state index in [2.05, 4.69) is 15.0 Å². The van der Waals surface area contributed by atoms with E-state index >= 15 is 0 Å². The number of aromatic amines is 1. The normalized spacial score (nSPS) is 10.9. The summed E-state index contributed by atoms with van der Waals surface area (Å²) in [6, 6.07) is 10.6. The largest absolute Gasteiger partial charge is 0.493 e. The first-order chi connectivity index (χ1) is 15.4. The summed E-state index contributed by atoms with van der Waals surface area (Å²) >= 11 is 0. The van der Waals surface area contributed by atoms with E-state index in [9.17, 15) is 9.59 Å². The van der Waals surface area contributed by atoms with Crippen LogP contribution in [0.3, 0.4) is 0 Å². The highest BCUT2D eigenvalue weighted by atomic mass is 16.5. The van der Waals surface area contributed by atoms with Crippen LogP contribution in [0.4, 0.5) is 0 Å². The second kappa shape index (κ2) is 8.06. The highest BCUT2D eigenvalue weighted by Gasteiger charge is 2.22. The molecule has 0 bridgehead atoms. The van der Waals surface area contributed by atoms with Gasteiger partial charge in [0.2, 0.25) is 5.75 Å². The number of carbonyl (C=O) groups excluding carboxylic acids is 1. The van der Waals surface area contributed by atoms with Gasteiger partial charge >= 0.3 is 5.69 Å². The number of carbonyl (C=O) groups is 1. The molecule has 4 aromatic rings.